The van der Waals surface area contributed by atoms with E-state index in [1.165, 1.54) is 18.5 Å². The van der Waals surface area contributed by atoms with Crippen LogP contribution in [0.4, 0.5) is 10.5 Å². The van der Waals surface area contributed by atoms with Gasteiger partial charge in [-0.1, -0.05) is 0 Å². The average molecular weight is 349 g/mol. The van der Waals surface area contributed by atoms with Crippen molar-refractivity contribution in [3.63, 3.8) is 0 Å². The molecule has 128 valence electrons. The zero-order chi connectivity index (χ0) is 17.2. The van der Waals surface area contributed by atoms with E-state index in [9.17, 15) is 13.2 Å². The summed E-state index contributed by atoms with van der Waals surface area (Å²) in [6.07, 6.45) is 5.37. The maximum atomic E-state index is 12.6. The third-order valence-corrected chi connectivity index (χ3v) is 5.18. The molecule has 2 amide bonds. The molecule has 9 heteroatoms. The number of aromatic nitrogens is 3. The molecule has 0 saturated carbocycles. The second-order valence-corrected chi connectivity index (χ2v) is 7.82. The van der Waals surface area contributed by atoms with Gasteiger partial charge < -0.3 is 10.2 Å². The fourth-order valence-electron chi connectivity index (χ4n) is 2.82. The summed E-state index contributed by atoms with van der Waals surface area (Å²) in [6, 6.07) is 5.77. The summed E-state index contributed by atoms with van der Waals surface area (Å²) in [5.74, 6) is 0.678. The number of hydrogen-bond donors (Lipinski definition) is 2. The van der Waals surface area contributed by atoms with Gasteiger partial charge in [0, 0.05) is 18.5 Å². The lowest BCUT2D eigenvalue weighted by molar-refractivity contribution is 0.159. The Labute approximate surface area is 140 Å². The van der Waals surface area contributed by atoms with Crippen molar-refractivity contribution in [1.82, 2.24) is 20.1 Å². The SMILES string of the molecule is CS(=O)(=O)c1ccc(NC(=O)N2CCCCC2c2ncn[nH]2)cc1. The number of aromatic amines is 1. The van der Waals surface area contributed by atoms with E-state index in [0.717, 1.165) is 25.5 Å². The van der Waals surface area contributed by atoms with Crippen molar-refractivity contribution in [3.05, 3.63) is 36.4 Å². The van der Waals surface area contributed by atoms with Crippen LogP contribution in [-0.2, 0) is 9.84 Å². The van der Waals surface area contributed by atoms with Crippen molar-refractivity contribution in [2.75, 3.05) is 18.1 Å². The summed E-state index contributed by atoms with van der Waals surface area (Å²) in [4.78, 5) is 18.7. The number of anilines is 1. The molecule has 1 fully saturated rings. The lowest BCUT2D eigenvalue weighted by Gasteiger charge is -2.34. The van der Waals surface area contributed by atoms with Crippen molar-refractivity contribution in [2.24, 2.45) is 0 Å². The van der Waals surface area contributed by atoms with Crippen molar-refractivity contribution in [1.29, 1.82) is 0 Å². The molecule has 1 saturated heterocycles. The highest BCUT2D eigenvalue weighted by Gasteiger charge is 2.29. The summed E-state index contributed by atoms with van der Waals surface area (Å²) < 4.78 is 23.0. The molecule has 1 aliphatic rings. The zero-order valence-corrected chi connectivity index (χ0v) is 14.1. The van der Waals surface area contributed by atoms with E-state index in [4.69, 9.17) is 0 Å². The summed E-state index contributed by atoms with van der Waals surface area (Å²) in [7, 11) is -3.25. The lowest BCUT2D eigenvalue weighted by atomic mass is 10.0. The molecule has 24 heavy (non-hydrogen) atoms. The minimum Gasteiger partial charge on any atom is -0.314 e. The van der Waals surface area contributed by atoms with Crippen LogP contribution >= 0.6 is 0 Å². The summed E-state index contributed by atoms with van der Waals surface area (Å²) in [5, 5.41) is 9.50. The minimum atomic E-state index is -3.25. The number of H-pyrrole nitrogens is 1. The van der Waals surface area contributed by atoms with Gasteiger partial charge in [-0.25, -0.2) is 18.2 Å². The number of carbonyl (C=O) groups excluding carboxylic acids is 1. The third kappa shape index (κ3) is 3.56. The zero-order valence-electron chi connectivity index (χ0n) is 13.3. The molecule has 0 bridgehead atoms. The van der Waals surface area contributed by atoms with E-state index in [0.29, 0.717) is 18.1 Å². The fraction of sp³-hybridized carbons (Fsp3) is 0.400. The Balaban J connectivity index is 1.73. The molecule has 0 radical (unpaired) electrons. The number of amides is 2. The van der Waals surface area contributed by atoms with Crippen molar-refractivity contribution < 1.29 is 13.2 Å². The largest absolute Gasteiger partial charge is 0.322 e. The Hall–Kier alpha value is -2.42. The second kappa shape index (κ2) is 6.60. The number of hydrogen-bond acceptors (Lipinski definition) is 5. The molecule has 2 aromatic rings. The van der Waals surface area contributed by atoms with Crippen LogP contribution in [0.3, 0.4) is 0 Å². The molecule has 0 spiro atoms. The van der Waals surface area contributed by atoms with Gasteiger partial charge in [-0.2, -0.15) is 5.10 Å². The minimum absolute atomic E-state index is 0.128. The van der Waals surface area contributed by atoms with E-state index in [2.05, 4.69) is 20.5 Å². The fourth-order valence-corrected chi connectivity index (χ4v) is 3.45. The number of urea groups is 1. The van der Waals surface area contributed by atoms with Gasteiger partial charge in [0.25, 0.3) is 0 Å². The summed E-state index contributed by atoms with van der Waals surface area (Å²) >= 11 is 0. The Morgan fingerprint density at radius 2 is 2.04 bits per heavy atom. The van der Waals surface area contributed by atoms with E-state index < -0.39 is 9.84 Å². The lowest BCUT2D eigenvalue weighted by Crippen LogP contribution is -2.41. The number of benzene rings is 1. The molecule has 0 aliphatic carbocycles. The number of nitrogens with zero attached hydrogens (tertiary/aromatic N) is 3. The van der Waals surface area contributed by atoms with Crippen molar-refractivity contribution >= 4 is 21.6 Å². The van der Waals surface area contributed by atoms with Gasteiger partial charge in [0.2, 0.25) is 0 Å². The Bertz CT molecular complexity index is 802. The Morgan fingerprint density at radius 1 is 1.29 bits per heavy atom. The molecule has 2 heterocycles. The van der Waals surface area contributed by atoms with Crippen LogP contribution in [0, 0.1) is 0 Å². The van der Waals surface area contributed by atoms with Crippen LogP contribution in [0.15, 0.2) is 35.5 Å². The van der Waals surface area contributed by atoms with Crippen LogP contribution < -0.4 is 5.32 Å². The molecule has 3 rings (SSSR count). The predicted molar refractivity (Wildman–Crippen MR) is 88.3 cm³/mol. The molecule has 2 N–H and O–H groups in total. The first-order valence-corrected chi connectivity index (χ1v) is 9.57. The topological polar surface area (TPSA) is 108 Å². The highest BCUT2D eigenvalue weighted by Crippen LogP contribution is 2.29. The number of carbonyl (C=O) groups is 1. The van der Waals surface area contributed by atoms with E-state index in [-0.39, 0.29) is 17.0 Å². The molecule has 1 aromatic carbocycles. The van der Waals surface area contributed by atoms with Crippen LogP contribution in [0.25, 0.3) is 0 Å². The van der Waals surface area contributed by atoms with Crippen molar-refractivity contribution in [2.45, 2.75) is 30.2 Å². The van der Waals surface area contributed by atoms with Crippen LogP contribution in [-0.4, -0.2) is 47.3 Å². The van der Waals surface area contributed by atoms with Gasteiger partial charge in [-0.3, -0.25) is 5.10 Å². The first-order valence-electron chi connectivity index (χ1n) is 7.68. The number of rotatable bonds is 3. The predicted octanol–water partition coefficient (Wildman–Crippen LogP) is 1.97. The van der Waals surface area contributed by atoms with E-state index >= 15 is 0 Å². The van der Waals surface area contributed by atoms with Gasteiger partial charge in [0.15, 0.2) is 9.84 Å². The third-order valence-electron chi connectivity index (χ3n) is 4.05. The van der Waals surface area contributed by atoms with Gasteiger partial charge in [-0.05, 0) is 43.5 Å². The Kier molecular flexibility index (Phi) is 4.52. The number of piperidine rings is 1. The molecule has 1 aliphatic heterocycles. The van der Waals surface area contributed by atoms with Gasteiger partial charge >= 0.3 is 6.03 Å². The smallest absolute Gasteiger partial charge is 0.314 e. The summed E-state index contributed by atoms with van der Waals surface area (Å²) in [5.41, 5.74) is 0.550. The number of nitrogens with one attached hydrogen (secondary N) is 2. The maximum Gasteiger partial charge on any atom is 0.322 e. The first kappa shape index (κ1) is 16.4. The van der Waals surface area contributed by atoms with Crippen LogP contribution in [0.2, 0.25) is 0 Å². The van der Waals surface area contributed by atoms with E-state index in [1.807, 2.05) is 0 Å². The van der Waals surface area contributed by atoms with Crippen molar-refractivity contribution in [3.8, 4) is 0 Å². The molecular formula is C15H19N5O3S. The Morgan fingerprint density at radius 3 is 2.67 bits per heavy atom. The normalized spacial score (nSPS) is 18.4. The number of sulfone groups is 1. The van der Waals surface area contributed by atoms with Gasteiger partial charge in [0.1, 0.15) is 12.2 Å². The molecule has 1 aromatic heterocycles. The average Bonchev–Trinajstić information content (AvgIpc) is 3.09. The van der Waals surface area contributed by atoms with Gasteiger partial charge in [0.05, 0.1) is 10.9 Å². The second-order valence-electron chi connectivity index (χ2n) is 5.80. The van der Waals surface area contributed by atoms with Gasteiger partial charge in [-0.15, -0.1) is 0 Å². The molecule has 8 nitrogen and oxygen atoms in total. The van der Waals surface area contributed by atoms with E-state index in [1.54, 1.807) is 17.0 Å². The first-order chi connectivity index (χ1) is 11.4. The van der Waals surface area contributed by atoms with Crippen LogP contribution in [0.1, 0.15) is 31.1 Å². The molecule has 1 atom stereocenters. The highest BCUT2D eigenvalue weighted by atomic mass is 32.2. The maximum absolute atomic E-state index is 12.6. The summed E-state index contributed by atoms with van der Waals surface area (Å²) in [6.45, 7) is 0.638. The molecular weight excluding hydrogens is 330 g/mol. The monoisotopic (exact) mass is 349 g/mol. The quantitative estimate of drug-likeness (QED) is 0.881. The molecule has 1 unspecified atom stereocenters. The standard InChI is InChI=1S/C15H19N5O3S/c1-24(22,23)12-7-5-11(6-8-12)18-15(21)20-9-3-2-4-13(20)14-16-10-17-19-14/h5-8,10,13H,2-4,9H2,1H3,(H,18,21)(H,16,17,19). The van der Waals surface area contributed by atoms with Crippen LogP contribution in [0.5, 0.6) is 0 Å². The highest BCUT2D eigenvalue weighted by molar-refractivity contribution is 7.90. The number of likely N-dealkylation sites (tertiary alicyclic amines) is 1.